The number of methoxy groups -OCH3 is 1. The molecular formula is C19H26N4O4. The van der Waals surface area contributed by atoms with E-state index in [2.05, 4.69) is 14.7 Å². The molecule has 0 saturated heterocycles. The number of esters is 1. The molecule has 2 rings (SSSR count). The van der Waals surface area contributed by atoms with Gasteiger partial charge in [0.05, 0.1) is 18.9 Å². The van der Waals surface area contributed by atoms with Crippen molar-refractivity contribution < 1.29 is 19.4 Å². The molecule has 0 amide bonds. The Kier molecular flexibility index (Phi) is 8.71. The predicted molar refractivity (Wildman–Crippen MR) is 103 cm³/mol. The van der Waals surface area contributed by atoms with Gasteiger partial charge in [0.15, 0.2) is 0 Å². The maximum atomic E-state index is 11.1. The second-order valence-electron chi connectivity index (χ2n) is 6.25. The molecule has 0 aliphatic carbocycles. The summed E-state index contributed by atoms with van der Waals surface area (Å²) in [6.45, 7) is 3.49. The van der Waals surface area contributed by atoms with Crippen molar-refractivity contribution in [2.24, 2.45) is 11.8 Å². The molecule has 8 nitrogen and oxygen atoms in total. The highest BCUT2D eigenvalue weighted by Gasteiger charge is 2.13. The van der Waals surface area contributed by atoms with Crippen LogP contribution in [0.1, 0.15) is 25.0 Å². The molecule has 0 saturated carbocycles. The Morgan fingerprint density at radius 3 is 1.74 bits per heavy atom. The third kappa shape index (κ3) is 8.17. The minimum atomic E-state index is -0.795. The van der Waals surface area contributed by atoms with Gasteiger partial charge in [-0.15, -0.1) is 0 Å². The van der Waals surface area contributed by atoms with Crippen LogP contribution in [0.25, 0.3) is 0 Å². The Morgan fingerprint density at radius 1 is 0.963 bits per heavy atom. The van der Waals surface area contributed by atoms with Crippen molar-refractivity contribution in [3.63, 3.8) is 0 Å². The molecular weight excluding hydrogens is 348 g/mol. The third-order valence-corrected chi connectivity index (χ3v) is 3.80. The minimum absolute atomic E-state index is 0.148. The first-order valence-electron chi connectivity index (χ1n) is 8.44. The zero-order valence-electron chi connectivity index (χ0n) is 15.8. The topological polar surface area (TPSA) is 141 Å². The fourth-order valence-corrected chi connectivity index (χ4v) is 2.19. The fraction of sp³-hybridized carbons (Fsp3) is 0.368. The van der Waals surface area contributed by atoms with Gasteiger partial charge < -0.3 is 21.3 Å². The summed E-state index contributed by atoms with van der Waals surface area (Å²) < 4.78 is 4.62. The first-order chi connectivity index (χ1) is 12.7. The van der Waals surface area contributed by atoms with Crippen molar-refractivity contribution in [2.75, 3.05) is 18.6 Å². The average Bonchev–Trinajstić information content (AvgIpc) is 2.65. The third-order valence-electron chi connectivity index (χ3n) is 3.80. The quantitative estimate of drug-likeness (QED) is 0.651. The number of hydrogen-bond donors (Lipinski definition) is 3. The normalized spacial score (nSPS) is 12.3. The summed E-state index contributed by atoms with van der Waals surface area (Å²) in [6, 6.07) is 7.05. The molecule has 0 aliphatic heterocycles. The van der Waals surface area contributed by atoms with Crippen LogP contribution in [0.4, 0.5) is 11.6 Å². The number of nitrogens with zero attached hydrogens (tertiary/aromatic N) is 2. The fourth-order valence-electron chi connectivity index (χ4n) is 2.19. The lowest BCUT2D eigenvalue weighted by atomic mass is 10.0. The summed E-state index contributed by atoms with van der Waals surface area (Å²) in [5, 5.41) is 8.65. The van der Waals surface area contributed by atoms with Crippen LogP contribution in [0.5, 0.6) is 0 Å². The number of rotatable bonds is 6. The van der Waals surface area contributed by atoms with Crippen LogP contribution in [0.3, 0.4) is 0 Å². The van der Waals surface area contributed by atoms with E-state index in [0.717, 1.165) is 11.1 Å². The predicted octanol–water partition coefficient (Wildman–Crippen LogP) is 1.94. The van der Waals surface area contributed by atoms with Crippen LogP contribution in [0.15, 0.2) is 36.7 Å². The maximum Gasteiger partial charge on any atom is 0.308 e. The number of pyridine rings is 2. The molecule has 8 heteroatoms. The Hall–Kier alpha value is -3.16. The lowest BCUT2D eigenvalue weighted by molar-refractivity contribution is -0.144. The Balaban J connectivity index is 0.000000271. The van der Waals surface area contributed by atoms with Crippen LogP contribution in [-0.4, -0.2) is 34.1 Å². The Morgan fingerprint density at radius 2 is 1.41 bits per heavy atom. The average molecular weight is 374 g/mol. The second kappa shape index (κ2) is 10.7. The highest BCUT2D eigenvalue weighted by molar-refractivity contribution is 5.72. The van der Waals surface area contributed by atoms with Gasteiger partial charge in [0.1, 0.15) is 11.6 Å². The van der Waals surface area contributed by atoms with Gasteiger partial charge in [-0.05, 0) is 36.1 Å². The van der Waals surface area contributed by atoms with E-state index in [1.54, 1.807) is 37.5 Å². The van der Waals surface area contributed by atoms with E-state index in [1.165, 1.54) is 7.11 Å². The summed E-state index contributed by atoms with van der Waals surface area (Å²) in [5.41, 5.74) is 12.7. The van der Waals surface area contributed by atoms with Gasteiger partial charge in [-0.3, -0.25) is 9.59 Å². The Bertz CT molecular complexity index is 732. The first kappa shape index (κ1) is 21.9. The van der Waals surface area contributed by atoms with E-state index in [9.17, 15) is 9.59 Å². The van der Waals surface area contributed by atoms with E-state index >= 15 is 0 Å². The monoisotopic (exact) mass is 374 g/mol. The van der Waals surface area contributed by atoms with Crippen molar-refractivity contribution >= 4 is 23.6 Å². The molecule has 27 heavy (non-hydrogen) atoms. The van der Waals surface area contributed by atoms with Gasteiger partial charge in [0.2, 0.25) is 0 Å². The van der Waals surface area contributed by atoms with E-state index in [0.29, 0.717) is 24.5 Å². The van der Waals surface area contributed by atoms with Gasteiger partial charge in [0.25, 0.3) is 0 Å². The lowest BCUT2D eigenvalue weighted by Gasteiger charge is -2.08. The van der Waals surface area contributed by atoms with Crippen LogP contribution in [0.2, 0.25) is 0 Å². The van der Waals surface area contributed by atoms with Crippen molar-refractivity contribution in [3.8, 4) is 0 Å². The van der Waals surface area contributed by atoms with Gasteiger partial charge in [-0.1, -0.05) is 26.0 Å². The van der Waals surface area contributed by atoms with Crippen LogP contribution < -0.4 is 11.5 Å². The van der Waals surface area contributed by atoms with Crippen LogP contribution in [0, 0.1) is 11.8 Å². The van der Waals surface area contributed by atoms with E-state index < -0.39 is 5.97 Å². The van der Waals surface area contributed by atoms with E-state index in [4.69, 9.17) is 16.6 Å². The molecule has 0 aliphatic rings. The molecule has 0 spiro atoms. The lowest BCUT2D eigenvalue weighted by Crippen LogP contribution is -2.15. The number of carbonyl (C=O) groups is 2. The minimum Gasteiger partial charge on any atom is -0.481 e. The largest absolute Gasteiger partial charge is 0.481 e. The number of nitrogens with two attached hydrogens (primary N) is 2. The molecule has 0 fully saturated rings. The second-order valence-corrected chi connectivity index (χ2v) is 6.25. The number of hydrogen-bond acceptors (Lipinski definition) is 7. The van der Waals surface area contributed by atoms with Gasteiger partial charge in [-0.25, -0.2) is 9.97 Å². The number of aliphatic carboxylic acids is 1. The van der Waals surface area contributed by atoms with Crippen molar-refractivity contribution in [3.05, 3.63) is 47.8 Å². The zero-order valence-corrected chi connectivity index (χ0v) is 15.8. The SMILES string of the molecule is COC(=O)[C@@H](C)Cc1ccc(N)nc1.C[C@@H](Cc1ccc(N)nc1)C(=O)O. The van der Waals surface area contributed by atoms with Gasteiger partial charge in [0, 0.05) is 12.4 Å². The smallest absolute Gasteiger partial charge is 0.308 e. The zero-order chi connectivity index (χ0) is 20.4. The summed E-state index contributed by atoms with van der Waals surface area (Å²) in [6.07, 6.45) is 4.39. The molecule has 2 atom stereocenters. The van der Waals surface area contributed by atoms with Gasteiger partial charge in [-0.2, -0.15) is 0 Å². The number of carboxylic acids is 1. The number of carboxylic acid groups (broad SMARTS) is 1. The van der Waals surface area contributed by atoms with E-state index in [1.807, 2.05) is 13.0 Å². The standard InChI is InChI=1S/C10H14N2O2.C9H12N2O2/c1-7(10(13)14-2)5-8-3-4-9(11)12-6-8;1-6(9(12)13)4-7-2-3-8(10)11-5-7/h3-4,6-7H,5H2,1-2H3,(H2,11,12);2-3,5-6H,4H2,1H3,(H2,10,11)(H,12,13)/t7-;6-/m00/s1. The molecule has 2 aromatic heterocycles. The van der Waals surface area contributed by atoms with Crippen molar-refractivity contribution in [1.29, 1.82) is 0 Å². The van der Waals surface area contributed by atoms with Crippen molar-refractivity contribution in [2.45, 2.75) is 26.7 Å². The summed E-state index contributed by atoms with van der Waals surface area (Å²) in [7, 11) is 1.39. The summed E-state index contributed by atoms with van der Waals surface area (Å²) >= 11 is 0. The Labute approximate surface area is 158 Å². The number of carbonyl (C=O) groups excluding carboxylic acids is 1. The molecule has 0 bridgehead atoms. The maximum absolute atomic E-state index is 11.1. The van der Waals surface area contributed by atoms with Crippen LogP contribution >= 0.6 is 0 Å². The number of aromatic nitrogens is 2. The molecule has 2 heterocycles. The van der Waals surface area contributed by atoms with E-state index in [-0.39, 0.29) is 17.8 Å². The molecule has 0 unspecified atom stereocenters. The number of anilines is 2. The number of ether oxygens (including phenoxy) is 1. The highest BCUT2D eigenvalue weighted by atomic mass is 16.5. The summed E-state index contributed by atoms with van der Waals surface area (Å²) in [4.78, 5) is 29.5. The van der Waals surface area contributed by atoms with Crippen molar-refractivity contribution in [1.82, 2.24) is 9.97 Å². The number of nitrogen functional groups attached to an aromatic ring is 2. The molecule has 0 aromatic carbocycles. The molecule has 146 valence electrons. The highest BCUT2D eigenvalue weighted by Crippen LogP contribution is 2.10. The summed E-state index contributed by atoms with van der Waals surface area (Å²) in [5.74, 6) is -0.597. The molecule has 2 aromatic rings. The molecule has 5 N–H and O–H groups in total. The first-order valence-corrected chi connectivity index (χ1v) is 8.44. The van der Waals surface area contributed by atoms with Crippen LogP contribution in [-0.2, 0) is 27.2 Å². The molecule has 0 radical (unpaired) electrons. The van der Waals surface area contributed by atoms with Gasteiger partial charge >= 0.3 is 11.9 Å².